The molecule has 0 spiro atoms. The molecule has 0 atom stereocenters. The van der Waals surface area contributed by atoms with Gasteiger partial charge in [-0.25, -0.2) is 0 Å². The van der Waals surface area contributed by atoms with E-state index in [1.165, 1.54) is 0 Å². The maximum atomic E-state index is 8.33. The summed E-state index contributed by atoms with van der Waals surface area (Å²) in [7, 11) is 0. The normalized spacial score (nSPS) is 4.00. The summed E-state index contributed by atoms with van der Waals surface area (Å²) in [5.41, 5.74) is 0. The van der Waals surface area contributed by atoms with Crippen LogP contribution in [-0.4, -0.2) is 11.6 Å². The summed E-state index contributed by atoms with van der Waals surface area (Å²) in [6.45, 7) is 0. The molecule has 6 heavy (non-hydrogen) atoms. The van der Waals surface area contributed by atoms with Gasteiger partial charge in [0.25, 0.3) is 0 Å². The second-order valence-corrected chi connectivity index (χ2v) is 0.250. The zero-order valence-corrected chi connectivity index (χ0v) is 4.55. The van der Waals surface area contributed by atoms with Crippen LogP contribution in [0.2, 0.25) is 0 Å². The number of hydrogen-bond acceptors (Lipinski definition) is 4. The fourth-order valence-electron chi connectivity index (χ4n) is 0. The summed E-state index contributed by atoms with van der Waals surface area (Å²) >= 11 is 0. The molecule has 5 heteroatoms. The van der Waals surface area contributed by atoms with E-state index < -0.39 is 6.16 Å². The van der Waals surface area contributed by atoms with Gasteiger partial charge in [0.2, 0.25) is 0 Å². The molecule has 0 rings (SSSR count). The molecule has 0 aliphatic heterocycles. The van der Waals surface area contributed by atoms with E-state index in [0.29, 0.717) is 0 Å². The molecule has 0 saturated heterocycles. The number of carbonyl (C=O) groups excluding carboxylic acids is 1. The van der Waals surface area contributed by atoms with E-state index in [9.17, 15) is 0 Å². The zero-order chi connectivity index (χ0) is 3.58. The summed E-state index contributed by atoms with van der Waals surface area (Å²) in [4.78, 5) is 8.33. The van der Waals surface area contributed by atoms with Crippen molar-refractivity contribution in [1.82, 2.24) is 0 Å². The first-order chi connectivity index (χ1) is 1.73. The van der Waals surface area contributed by atoms with Gasteiger partial charge in [-0.3, -0.25) is 0 Å². The summed E-state index contributed by atoms with van der Waals surface area (Å²) in [5.74, 6) is 0. The van der Waals surface area contributed by atoms with E-state index in [1.807, 2.05) is 0 Å². The Bertz CT molecular complexity index is 30.5. The van der Waals surface area contributed by atoms with Gasteiger partial charge in [-0.2, -0.15) is 0 Å². The first kappa shape index (κ1) is 16.5. The average Bonchev–Trinajstić information content (AvgIpc) is 0.811. The second kappa shape index (κ2) is 8.92. The van der Waals surface area contributed by atoms with Crippen LogP contribution in [0.4, 0.5) is 4.79 Å². The van der Waals surface area contributed by atoms with E-state index in [0.717, 1.165) is 0 Å². The second-order valence-electron chi connectivity index (χ2n) is 0.250. The Balaban J connectivity index is -0.0000000450. The number of rotatable bonds is 0. The van der Waals surface area contributed by atoms with Crippen molar-refractivity contribution in [1.29, 1.82) is 0 Å². The van der Waals surface area contributed by atoms with Gasteiger partial charge >= 0.3 is 25.8 Å². The van der Waals surface area contributed by atoms with Crippen LogP contribution >= 0.6 is 0 Å². The van der Waals surface area contributed by atoms with Gasteiger partial charge in [-0.05, 0) is 6.16 Å². The van der Waals surface area contributed by atoms with Crippen molar-refractivity contribution >= 4 is 6.16 Å². The number of carboxylic acid groups (broad SMARTS) is 2. The van der Waals surface area contributed by atoms with Gasteiger partial charge in [-0.15, -0.1) is 0 Å². The minimum absolute atomic E-state index is 0. The van der Waals surface area contributed by atoms with E-state index in [-0.39, 0.29) is 31.3 Å². The van der Waals surface area contributed by atoms with Gasteiger partial charge in [0, 0.05) is 0 Å². The van der Waals surface area contributed by atoms with Crippen LogP contribution in [0.25, 0.3) is 0 Å². The smallest absolute Gasteiger partial charge is 0.870 e. The van der Waals surface area contributed by atoms with Crippen molar-refractivity contribution < 1.29 is 46.3 Å². The maximum Gasteiger partial charge on any atom is 3.00 e. The van der Waals surface area contributed by atoms with Gasteiger partial charge < -0.3 is 20.5 Å². The molecule has 0 aromatic rings. The van der Waals surface area contributed by atoms with Crippen LogP contribution < -0.4 is 10.2 Å². The van der Waals surface area contributed by atoms with E-state index in [2.05, 4.69) is 0 Å². The van der Waals surface area contributed by atoms with Crippen molar-refractivity contribution in [3.8, 4) is 0 Å². The SMILES string of the molecule is O=C([O-])[O-].[OH-].[Sc+3]. The minimum Gasteiger partial charge on any atom is -0.870 e. The Kier molecular flexibility index (Phi) is 24.5. The molecule has 0 saturated carbocycles. The van der Waals surface area contributed by atoms with E-state index >= 15 is 0 Å². The summed E-state index contributed by atoms with van der Waals surface area (Å²) in [6, 6.07) is 0. The molecule has 32 valence electrons. The number of carbonyl (C=O) groups is 1. The molecule has 0 fully saturated rings. The molecule has 4 nitrogen and oxygen atoms in total. The largest absolute Gasteiger partial charge is 3.00 e. The molecule has 0 aliphatic rings. The van der Waals surface area contributed by atoms with Gasteiger partial charge in [0.1, 0.15) is 0 Å². The maximum absolute atomic E-state index is 8.33. The summed E-state index contributed by atoms with van der Waals surface area (Å²) in [5, 5.41) is 16.7. The molecule has 0 aromatic carbocycles. The molecule has 0 heterocycles. The van der Waals surface area contributed by atoms with Crippen molar-refractivity contribution in [2.24, 2.45) is 0 Å². The van der Waals surface area contributed by atoms with Crippen molar-refractivity contribution in [3.63, 3.8) is 0 Å². The fraction of sp³-hybridized carbons (Fsp3) is 0. The quantitative estimate of drug-likeness (QED) is 0.351. The summed E-state index contributed by atoms with van der Waals surface area (Å²) < 4.78 is 0. The van der Waals surface area contributed by atoms with Crippen LogP contribution in [-0.2, 0) is 25.8 Å². The fourth-order valence-corrected chi connectivity index (χ4v) is 0. The zero-order valence-electron chi connectivity index (χ0n) is 2.75. The van der Waals surface area contributed by atoms with Crippen LogP contribution in [0.5, 0.6) is 0 Å². The van der Waals surface area contributed by atoms with Crippen molar-refractivity contribution in [3.05, 3.63) is 0 Å². The van der Waals surface area contributed by atoms with E-state index in [1.54, 1.807) is 0 Å². The number of hydrogen-bond donors (Lipinski definition) is 0. The van der Waals surface area contributed by atoms with Crippen molar-refractivity contribution in [2.45, 2.75) is 0 Å². The molecule has 0 amide bonds. The Morgan fingerprint density at radius 3 is 1.33 bits per heavy atom. The molecule has 1 N–H and O–H groups in total. The Morgan fingerprint density at radius 2 is 1.33 bits per heavy atom. The van der Waals surface area contributed by atoms with Crippen LogP contribution in [0.3, 0.4) is 0 Å². The van der Waals surface area contributed by atoms with Crippen LogP contribution in [0, 0.1) is 0 Å². The molecular weight excluding hydrogens is 121 g/mol. The first-order valence-electron chi connectivity index (χ1n) is 0.612. The van der Waals surface area contributed by atoms with Crippen LogP contribution in [0.15, 0.2) is 0 Å². The third-order valence-corrected chi connectivity index (χ3v) is 0. The molecule has 0 radical (unpaired) electrons. The average molecular weight is 122 g/mol. The Labute approximate surface area is 52.9 Å². The monoisotopic (exact) mass is 122 g/mol. The predicted molar refractivity (Wildman–Crippen MR) is 7.33 cm³/mol. The summed E-state index contributed by atoms with van der Waals surface area (Å²) in [6.07, 6.45) is -2.33. The Morgan fingerprint density at radius 1 is 1.33 bits per heavy atom. The topological polar surface area (TPSA) is 93.2 Å². The minimum atomic E-state index is -2.33. The third-order valence-electron chi connectivity index (χ3n) is 0. The predicted octanol–water partition coefficient (Wildman–Crippen LogP) is -2.63. The Hall–Kier alpha value is 0.100. The molecule has 0 aromatic heterocycles. The third kappa shape index (κ3) is 3930. The van der Waals surface area contributed by atoms with Crippen LogP contribution in [0.1, 0.15) is 0 Å². The molecule has 0 unspecified atom stereocenters. The van der Waals surface area contributed by atoms with E-state index in [4.69, 9.17) is 15.0 Å². The first-order valence-corrected chi connectivity index (χ1v) is 0.612. The van der Waals surface area contributed by atoms with Gasteiger partial charge in [0.05, 0.1) is 0 Å². The van der Waals surface area contributed by atoms with Gasteiger partial charge in [0.15, 0.2) is 0 Å². The standard InChI is InChI=1S/CH2O3.H2O.Sc/c2-1(3)4;;/h(H2,2,3,4);1H2;/q;;+3/p-3. The molecule has 0 bridgehead atoms. The van der Waals surface area contributed by atoms with Crippen molar-refractivity contribution in [2.75, 3.05) is 0 Å². The molecule has 0 aliphatic carbocycles. The van der Waals surface area contributed by atoms with Gasteiger partial charge in [-0.1, -0.05) is 0 Å². The molecular formula is CHO4Sc.